The number of hydrogen-bond donors (Lipinski definition) is 1. The molecule has 0 unspecified atom stereocenters. The van der Waals surface area contributed by atoms with Gasteiger partial charge in [-0.05, 0) is 32.0 Å². The predicted octanol–water partition coefficient (Wildman–Crippen LogP) is 2.49. The number of halogens is 4. The Hall–Kier alpha value is -1.79. The van der Waals surface area contributed by atoms with Crippen LogP contribution in [-0.2, 0) is 11.0 Å². The molecule has 0 saturated heterocycles. The van der Waals surface area contributed by atoms with Crippen molar-refractivity contribution in [3.8, 4) is 5.75 Å². The van der Waals surface area contributed by atoms with Crippen molar-refractivity contribution in [3.05, 3.63) is 29.6 Å². The van der Waals surface area contributed by atoms with Crippen LogP contribution >= 0.6 is 0 Å². The van der Waals surface area contributed by atoms with Gasteiger partial charge in [0, 0.05) is 0 Å². The van der Waals surface area contributed by atoms with E-state index >= 15 is 0 Å². The molecule has 1 rings (SSSR count). The van der Waals surface area contributed by atoms with E-state index in [-0.39, 0.29) is 0 Å². The van der Waals surface area contributed by atoms with E-state index in [0.29, 0.717) is 6.07 Å². The molecule has 0 aliphatic rings. The van der Waals surface area contributed by atoms with Gasteiger partial charge in [-0.25, -0.2) is 4.39 Å². The van der Waals surface area contributed by atoms with E-state index in [2.05, 4.69) is 0 Å². The molecule has 0 fully saturated rings. The number of hydrogen-bond acceptors (Lipinski definition) is 2. The molecule has 0 aliphatic carbocycles. The molecular formula is C11H11F4NO2. The molecule has 100 valence electrons. The minimum Gasteiger partial charge on any atom is -0.477 e. The van der Waals surface area contributed by atoms with Gasteiger partial charge in [-0.3, -0.25) is 4.79 Å². The Morgan fingerprint density at radius 2 is 1.83 bits per heavy atom. The van der Waals surface area contributed by atoms with Crippen molar-refractivity contribution in [1.82, 2.24) is 0 Å². The molecule has 3 nitrogen and oxygen atoms in total. The van der Waals surface area contributed by atoms with Crippen molar-refractivity contribution in [2.45, 2.75) is 25.6 Å². The van der Waals surface area contributed by atoms with Crippen molar-refractivity contribution >= 4 is 5.91 Å². The van der Waals surface area contributed by atoms with Crippen molar-refractivity contribution < 1.29 is 27.1 Å². The van der Waals surface area contributed by atoms with Crippen LogP contribution in [0.2, 0.25) is 0 Å². The molecule has 7 heteroatoms. The fourth-order valence-corrected chi connectivity index (χ4v) is 1.14. The molecule has 0 heterocycles. The lowest BCUT2D eigenvalue weighted by molar-refractivity contribution is -0.142. The van der Waals surface area contributed by atoms with Gasteiger partial charge < -0.3 is 10.5 Å². The van der Waals surface area contributed by atoms with Gasteiger partial charge in [0.1, 0.15) is 17.1 Å². The third-order valence-electron chi connectivity index (χ3n) is 2.21. The van der Waals surface area contributed by atoms with Crippen molar-refractivity contribution in [3.63, 3.8) is 0 Å². The molecule has 0 bridgehead atoms. The lowest BCUT2D eigenvalue weighted by atomic mass is 10.1. The molecule has 0 saturated carbocycles. The second-order valence-electron chi connectivity index (χ2n) is 4.11. The molecule has 0 aliphatic heterocycles. The van der Waals surface area contributed by atoms with Crippen molar-refractivity contribution in [2.75, 3.05) is 0 Å². The third kappa shape index (κ3) is 3.12. The minimum atomic E-state index is -4.79. The maximum Gasteiger partial charge on any atom is 0.420 e. The van der Waals surface area contributed by atoms with Gasteiger partial charge in [0.2, 0.25) is 0 Å². The van der Waals surface area contributed by atoms with Crippen LogP contribution in [0.15, 0.2) is 18.2 Å². The van der Waals surface area contributed by atoms with Crippen LogP contribution in [0.5, 0.6) is 5.75 Å². The van der Waals surface area contributed by atoms with Gasteiger partial charge in [-0.15, -0.1) is 0 Å². The first kappa shape index (κ1) is 14.3. The van der Waals surface area contributed by atoms with Gasteiger partial charge in [0.05, 0.1) is 0 Å². The highest BCUT2D eigenvalue weighted by atomic mass is 19.4. The highest BCUT2D eigenvalue weighted by molar-refractivity contribution is 5.82. The molecule has 1 aromatic carbocycles. The summed E-state index contributed by atoms with van der Waals surface area (Å²) in [5.41, 5.74) is 2.07. The van der Waals surface area contributed by atoms with E-state index < -0.39 is 34.8 Å². The first-order chi connectivity index (χ1) is 8.04. The quantitative estimate of drug-likeness (QED) is 0.853. The maximum atomic E-state index is 12.8. The Morgan fingerprint density at radius 3 is 2.28 bits per heavy atom. The van der Waals surface area contributed by atoms with Crippen LogP contribution in [0, 0.1) is 5.82 Å². The van der Waals surface area contributed by atoms with E-state index in [9.17, 15) is 22.4 Å². The fraction of sp³-hybridized carbons (Fsp3) is 0.364. The number of primary amides is 1. The Kier molecular flexibility index (Phi) is 3.54. The monoisotopic (exact) mass is 265 g/mol. The maximum absolute atomic E-state index is 12.8. The molecule has 1 aromatic rings. The summed E-state index contributed by atoms with van der Waals surface area (Å²) in [6, 6.07) is 1.91. The predicted molar refractivity (Wildman–Crippen MR) is 55.3 cm³/mol. The van der Waals surface area contributed by atoms with Crippen LogP contribution in [0.4, 0.5) is 17.6 Å². The van der Waals surface area contributed by atoms with E-state index in [0.717, 1.165) is 12.1 Å². The van der Waals surface area contributed by atoms with Crippen LogP contribution in [0.3, 0.4) is 0 Å². The largest absolute Gasteiger partial charge is 0.477 e. The molecule has 0 radical (unpaired) electrons. The van der Waals surface area contributed by atoms with Crippen LogP contribution in [-0.4, -0.2) is 11.5 Å². The summed E-state index contributed by atoms with van der Waals surface area (Å²) in [6.07, 6.45) is -4.79. The number of nitrogens with two attached hydrogens (primary N) is 1. The van der Waals surface area contributed by atoms with Crippen LogP contribution in [0.1, 0.15) is 19.4 Å². The molecular weight excluding hydrogens is 254 g/mol. The van der Waals surface area contributed by atoms with Gasteiger partial charge in [0.15, 0.2) is 5.60 Å². The first-order valence-corrected chi connectivity index (χ1v) is 4.90. The number of rotatable bonds is 3. The Balaban J connectivity index is 3.22. The van der Waals surface area contributed by atoms with Gasteiger partial charge in [0.25, 0.3) is 5.91 Å². The molecule has 0 atom stereocenters. The standard InChI is InChI=1S/C11H11F4NO2/c1-10(2,9(16)17)18-8-4-3-6(12)5-7(8)11(13,14)15/h3-5H,1-2H3,(H2,16,17). The number of carbonyl (C=O) groups is 1. The molecule has 0 aromatic heterocycles. The Labute approximate surface area is 101 Å². The van der Waals surface area contributed by atoms with Crippen molar-refractivity contribution in [2.24, 2.45) is 5.73 Å². The number of amides is 1. The summed E-state index contributed by atoms with van der Waals surface area (Å²) < 4.78 is 55.7. The molecule has 1 amide bonds. The molecule has 18 heavy (non-hydrogen) atoms. The number of alkyl halides is 3. The average molecular weight is 265 g/mol. The summed E-state index contributed by atoms with van der Waals surface area (Å²) >= 11 is 0. The molecule has 0 spiro atoms. The van der Waals surface area contributed by atoms with Crippen LogP contribution in [0.25, 0.3) is 0 Å². The number of benzene rings is 1. The lowest BCUT2D eigenvalue weighted by Crippen LogP contribution is -2.43. The van der Waals surface area contributed by atoms with E-state index in [4.69, 9.17) is 10.5 Å². The normalized spacial score (nSPS) is 12.3. The number of carbonyl (C=O) groups excluding carboxylic acids is 1. The van der Waals surface area contributed by atoms with E-state index in [1.807, 2.05) is 0 Å². The topological polar surface area (TPSA) is 52.3 Å². The Bertz CT molecular complexity index is 469. The second kappa shape index (κ2) is 4.47. The molecule has 2 N–H and O–H groups in total. The minimum absolute atomic E-state index is 0.298. The Morgan fingerprint density at radius 1 is 1.28 bits per heavy atom. The summed E-state index contributed by atoms with van der Waals surface area (Å²) in [7, 11) is 0. The summed E-state index contributed by atoms with van der Waals surface area (Å²) in [5, 5.41) is 0. The smallest absolute Gasteiger partial charge is 0.420 e. The third-order valence-corrected chi connectivity index (χ3v) is 2.21. The van der Waals surface area contributed by atoms with Gasteiger partial charge in [-0.1, -0.05) is 0 Å². The zero-order valence-electron chi connectivity index (χ0n) is 9.64. The summed E-state index contributed by atoms with van der Waals surface area (Å²) in [5.74, 6) is -2.63. The lowest BCUT2D eigenvalue weighted by Gasteiger charge is -2.24. The average Bonchev–Trinajstić information content (AvgIpc) is 2.18. The van der Waals surface area contributed by atoms with Gasteiger partial charge in [-0.2, -0.15) is 13.2 Å². The first-order valence-electron chi connectivity index (χ1n) is 4.90. The highest BCUT2D eigenvalue weighted by Gasteiger charge is 2.37. The van der Waals surface area contributed by atoms with Gasteiger partial charge >= 0.3 is 6.18 Å². The SMILES string of the molecule is CC(C)(Oc1ccc(F)cc1C(F)(F)F)C(N)=O. The zero-order chi connectivity index (χ0) is 14.1. The number of ether oxygens (including phenoxy) is 1. The van der Waals surface area contributed by atoms with E-state index in [1.165, 1.54) is 13.8 Å². The second-order valence-corrected chi connectivity index (χ2v) is 4.11. The summed E-state index contributed by atoms with van der Waals surface area (Å²) in [4.78, 5) is 11.0. The van der Waals surface area contributed by atoms with Crippen molar-refractivity contribution in [1.29, 1.82) is 0 Å². The van der Waals surface area contributed by atoms with E-state index in [1.54, 1.807) is 0 Å². The summed E-state index contributed by atoms with van der Waals surface area (Å²) in [6.45, 7) is 2.44. The fourth-order valence-electron chi connectivity index (χ4n) is 1.14. The zero-order valence-corrected chi connectivity index (χ0v) is 9.64. The highest BCUT2D eigenvalue weighted by Crippen LogP contribution is 2.37. The van der Waals surface area contributed by atoms with Crippen LogP contribution < -0.4 is 10.5 Å².